The molecule has 1 aromatic heterocycles. The largest absolute Gasteiger partial charge is 0.545 e. The molecule has 116 valence electrons. The molecule has 5 nitrogen and oxygen atoms in total. The first-order valence-corrected chi connectivity index (χ1v) is 7.09. The summed E-state index contributed by atoms with van der Waals surface area (Å²) >= 11 is 5.18. The standard InChI is InChI=1S/C16H11FN2O3S/c17-11-5-6-13-12(7-11)14(20)19(16(23)18-13)8-9-1-3-10(4-2-9)15(21)22/h1-7H,8H2,(H,18,23)(H,21,22)/p-1. The van der Waals surface area contributed by atoms with Crippen molar-refractivity contribution in [3.8, 4) is 0 Å². The van der Waals surface area contributed by atoms with Gasteiger partial charge in [0.1, 0.15) is 5.82 Å². The summed E-state index contributed by atoms with van der Waals surface area (Å²) in [5.41, 5.74) is 0.788. The van der Waals surface area contributed by atoms with Gasteiger partial charge in [0.05, 0.1) is 23.4 Å². The number of nitrogens with zero attached hydrogens (tertiary/aromatic N) is 1. The fraction of sp³-hybridized carbons (Fsp3) is 0.0625. The maximum atomic E-state index is 13.3. The smallest absolute Gasteiger partial charge is 0.262 e. The number of hydrogen-bond donors (Lipinski definition) is 1. The maximum absolute atomic E-state index is 13.3. The van der Waals surface area contributed by atoms with E-state index >= 15 is 0 Å². The Morgan fingerprint density at radius 3 is 2.57 bits per heavy atom. The topological polar surface area (TPSA) is 77.9 Å². The van der Waals surface area contributed by atoms with Crippen molar-refractivity contribution >= 4 is 29.1 Å². The number of carbonyl (C=O) groups excluding carboxylic acids is 1. The molecule has 0 fully saturated rings. The molecule has 23 heavy (non-hydrogen) atoms. The van der Waals surface area contributed by atoms with E-state index in [0.717, 1.165) is 6.07 Å². The van der Waals surface area contributed by atoms with Crippen LogP contribution >= 0.6 is 12.2 Å². The van der Waals surface area contributed by atoms with E-state index in [2.05, 4.69) is 4.98 Å². The lowest BCUT2D eigenvalue weighted by atomic mass is 10.1. The minimum atomic E-state index is -1.27. The number of nitrogens with one attached hydrogen (secondary N) is 1. The molecule has 0 saturated carbocycles. The molecule has 0 aliphatic rings. The van der Waals surface area contributed by atoms with Crippen LogP contribution in [0.3, 0.4) is 0 Å². The Bertz CT molecular complexity index is 1020. The van der Waals surface area contributed by atoms with Crippen LogP contribution in [-0.2, 0) is 6.54 Å². The Labute approximate surface area is 134 Å². The van der Waals surface area contributed by atoms with E-state index in [1.54, 1.807) is 12.1 Å². The molecular formula is C16H10FN2O3S-. The van der Waals surface area contributed by atoms with Crippen LogP contribution in [0.5, 0.6) is 0 Å². The van der Waals surface area contributed by atoms with Gasteiger partial charge in [-0.1, -0.05) is 24.3 Å². The number of benzene rings is 2. The van der Waals surface area contributed by atoms with Crippen molar-refractivity contribution in [1.29, 1.82) is 0 Å². The van der Waals surface area contributed by atoms with Crippen LogP contribution in [0, 0.1) is 10.6 Å². The van der Waals surface area contributed by atoms with Gasteiger partial charge in [-0.2, -0.15) is 0 Å². The summed E-state index contributed by atoms with van der Waals surface area (Å²) in [5.74, 6) is -1.78. The number of rotatable bonds is 3. The van der Waals surface area contributed by atoms with E-state index in [9.17, 15) is 19.1 Å². The van der Waals surface area contributed by atoms with E-state index in [4.69, 9.17) is 12.2 Å². The highest BCUT2D eigenvalue weighted by atomic mass is 32.1. The van der Waals surface area contributed by atoms with Gasteiger partial charge in [0.2, 0.25) is 0 Å². The molecule has 0 aliphatic heterocycles. The molecular weight excluding hydrogens is 319 g/mol. The molecule has 1 N–H and O–H groups in total. The van der Waals surface area contributed by atoms with Crippen LogP contribution in [0.1, 0.15) is 15.9 Å². The van der Waals surface area contributed by atoms with Crippen molar-refractivity contribution in [1.82, 2.24) is 9.55 Å². The lowest BCUT2D eigenvalue weighted by Gasteiger charge is -2.09. The number of carbonyl (C=O) groups is 1. The molecule has 3 rings (SSSR count). The van der Waals surface area contributed by atoms with Gasteiger partial charge >= 0.3 is 0 Å². The van der Waals surface area contributed by atoms with E-state index in [-0.39, 0.29) is 22.3 Å². The number of hydrogen-bond acceptors (Lipinski definition) is 4. The first-order valence-electron chi connectivity index (χ1n) is 6.68. The molecule has 0 atom stereocenters. The maximum Gasteiger partial charge on any atom is 0.262 e. The van der Waals surface area contributed by atoms with E-state index < -0.39 is 17.3 Å². The highest BCUT2D eigenvalue weighted by Gasteiger charge is 2.07. The molecule has 0 amide bonds. The lowest BCUT2D eigenvalue weighted by molar-refractivity contribution is -0.255. The SMILES string of the molecule is O=C([O-])c1ccc(Cn2c(=S)[nH]c3ccc(F)cc3c2=O)cc1. The molecule has 0 spiro atoms. The average Bonchev–Trinajstić information content (AvgIpc) is 2.53. The summed E-state index contributed by atoms with van der Waals surface area (Å²) in [6, 6.07) is 9.78. The minimum Gasteiger partial charge on any atom is -0.545 e. The third kappa shape index (κ3) is 2.91. The van der Waals surface area contributed by atoms with Gasteiger partial charge in [-0.05, 0) is 41.5 Å². The first kappa shape index (κ1) is 15.1. The molecule has 0 radical (unpaired) electrons. The van der Waals surface area contributed by atoms with Crippen molar-refractivity contribution in [2.45, 2.75) is 6.54 Å². The molecule has 3 aromatic rings. The Morgan fingerprint density at radius 1 is 1.22 bits per heavy atom. The molecule has 0 aliphatic carbocycles. The van der Waals surface area contributed by atoms with Gasteiger partial charge in [0.25, 0.3) is 5.56 Å². The number of aromatic amines is 1. The molecule has 0 saturated heterocycles. The van der Waals surface area contributed by atoms with Crippen LogP contribution in [0.2, 0.25) is 0 Å². The van der Waals surface area contributed by atoms with Crippen LogP contribution < -0.4 is 10.7 Å². The van der Waals surface area contributed by atoms with E-state index in [1.165, 1.54) is 28.8 Å². The lowest BCUT2D eigenvalue weighted by Crippen LogP contribution is -2.23. The number of aromatic nitrogens is 2. The van der Waals surface area contributed by atoms with Crippen LogP contribution in [0.4, 0.5) is 4.39 Å². The van der Waals surface area contributed by atoms with Gasteiger partial charge in [0, 0.05) is 0 Å². The molecule has 7 heteroatoms. The predicted octanol–water partition coefficient (Wildman–Crippen LogP) is 1.61. The first-order chi connectivity index (χ1) is 11.0. The van der Waals surface area contributed by atoms with Crippen molar-refractivity contribution in [2.75, 3.05) is 0 Å². The van der Waals surface area contributed by atoms with Crippen LogP contribution in [0.15, 0.2) is 47.3 Å². The zero-order chi connectivity index (χ0) is 16.6. The van der Waals surface area contributed by atoms with Gasteiger partial charge in [0.15, 0.2) is 4.77 Å². The van der Waals surface area contributed by atoms with Gasteiger partial charge < -0.3 is 14.9 Å². The Morgan fingerprint density at radius 2 is 1.91 bits per heavy atom. The summed E-state index contributed by atoms with van der Waals surface area (Å²) in [7, 11) is 0. The fourth-order valence-electron chi connectivity index (χ4n) is 2.30. The zero-order valence-electron chi connectivity index (χ0n) is 11.7. The van der Waals surface area contributed by atoms with Crippen molar-refractivity contribution in [3.63, 3.8) is 0 Å². The summed E-state index contributed by atoms with van der Waals surface area (Å²) in [5, 5.41) is 10.9. The van der Waals surface area contributed by atoms with E-state index in [1.807, 2.05) is 0 Å². The number of H-pyrrole nitrogens is 1. The van der Waals surface area contributed by atoms with Crippen LogP contribution in [-0.4, -0.2) is 15.5 Å². The van der Waals surface area contributed by atoms with E-state index in [0.29, 0.717) is 11.1 Å². The quantitative estimate of drug-likeness (QED) is 0.741. The number of fused-ring (bicyclic) bond motifs is 1. The molecule has 0 unspecified atom stereocenters. The Hall–Kier alpha value is -2.80. The van der Waals surface area contributed by atoms with Gasteiger partial charge in [-0.15, -0.1) is 0 Å². The van der Waals surface area contributed by atoms with Crippen molar-refractivity contribution in [3.05, 3.63) is 74.5 Å². The Balaban J connectivity index is 2.07. The fourth-order valence-corrected chi connectivity index (χ4v) is 2.55. The third-order valence-electron chi connectivity index (χ3n) is 3.47. The zero-order valence-corrected chi connectivity index (χ0v) is 12.5. The number of aromatic carboxylic acids is 1. The van der Waals surface area contributed by atoms with Gasteiger partial charge in [-0.3, -0.25) is 9.36 Å². The second-order valence-corrected chi connectivity index (χ2v) is 5.38. The minimum absolute atomic E-state index is 0.0480. The Kier molecular flexibility index (Phi) is 3.79. The molecule has 2 aromatic carbocycles. The summed E-state index contributed by atoms with van der Waals surface area (Å²) in [6.07, 6.45) is 0. The predicted molar refractivity (Wildman–Crippen MR) is 83.2 cm³/mol. The van der Waals surface area contributed by atoms with Crippen molar-refractivity contribution < 1.29 is 14.3 Å². The number of carboxylic acid groups (broad SMARTS) is 1. The second-order valence-electron chi connectivity index (χ2n) is 5.00. The molecule has 1 heterocycles. The normalized spacial score (nSPS) is 10.8. The third-order valence-corrected chi connectivity index (χ3v) is 3.80. The average molecular weight is 329 g/mol. The van der Waals surface area contributed by atoms with Crippen LogP contribution in [0.25, 0.3) is 10.9 Å². The second kappa shape index (κ2) is 5.77. The number of carboxylic acids is 1. The highest BCUT2D eigenvalue weighted by Crippen LogP contribution is 2.11. The van der Waals surface area contributed by atoms with Gasteiger partial charge in [-0.25, -0.2) is 4.39 Å². The summed E-state index contributed by atoms with van der Waals surface area (Å²) in [4.78, 5) is 26.1. The molecule has 0 bridgehead atoms. The summed E-state index contributed by atoms with van der Waals surface area (Å²) in [6.45, 7) is 0.147. The van der Waals surface area contributed by atoms with Crippen molar-refractivity contribution in [2.24, 2.45) is 0 Å². The highest BCUT2D eigenvalue weighted by molar-refractivity contribution is 7.71. The monoisotopic (exact) mass is 329 g/mol. The number of halogens is 1. The summed E-state index contributed by atoms with van der Waals surface area (Å²) < 4.78 is 14.8.